The lowest BCUT2D eigenvalue weighted by Crippen LogP contribution is -2.16. The summed E-state index contributed by atoms with van der Waals surface area (Å²) in [6.45, 7) is 0.258. The zero-order valence-corrected chi connectivity index (χ0v) is 13.0. The van der Waals surface area contributed by atoms with Gasteiger partial charge in [-0.15, -0.1) is 0 Å². The Labute approximate surface area is 140 Å². The number of hydrogen-bond donors (Lipinski definition) is 2. The number of benzene rings is 2. The Morgan fingerprint density at radius 3 is 2.25 bits per heavy atom. The molecule has 0 bridgehead atoms. The van der Waals surface area contributed by atoms with Gasteiger partial charge in [0.1, 0.15) is 5.82 Å². The molecule has 128 valence electrons. The van der Waals surface area contributed by atoms with E-state index in [1.807, 2.05) is 0 Å². The summed E-state index contributed by atoms with van der Waals surface area (Å²) < 4.78 is 50.3. The van der Waals surface area contributed by atoms with Gasteiger partial charge in [-0.25, -0.2) is 4.39 Å². The van der Waals surface area contributed by atoms with Crippen molar-refractivity contribution in [3.8, 4) is 0 Å². The average Bonchev–Trinajstić information content (AvgIpc) is 2.50. The number of alkyl halides is 3. The Balaban J connectivity index is 1.81. The van der Waals surface area contributed by atoms with E-state index in [-0.39, 0.29) is 29.6 Å². The summed E-state index contributed by atoms with van der Waals surface area (Å²) in [5.41, 5.74) is 0.0527. The van der Waals surface area contributed by atoms with Gasteiger partial charge in [0.05, 0.1) is 10.6 Å². The van der Waals surface area contributed by atoms with Gasteiger partial charge in [0.15, 0.2) is 0 Å². The Bertz CT molecular complexity index is 717. The number of amides is 1. The molecule has 0 fully saturated rings. The van der Waals surface area contributed by atoms with E-state index in [1.54, 1.807) is 0 Å². The van der Waals surface area contributed by atoms with Crippen molar-refractivity contribution in [1.29, 1.82) is 0 Å². The van der Waals surface area contributed by atoms with Crippen LogP contribution in [0.5, 0.6) is 0 Å². The highest BCUT2D eigenvalue weighted by atomic mass is 35.5. The Morgan fingerprint density at radius 2 is 1.67 bits per heavy atom. The Morgan fingerprint density at radius 1 is 1.04 bits per heavy atom. The average molecular weight is 361 g/mol. The molecular formula is C16H13ClF4N2O. The van der Waals surface area contributed by atoms with E-state index in [0.29, 0.717) is 5.69 Å². The lowest BCUT2D eigenvalue weighted by molar-refractivity contribution is -0.137. The summed E-state index contributed by atoms with van der Waals surface area (Å²) in [7, 11) is 0. The molecule has 2 rings (SSSR count). The van der Waals surface area contributed by atoms with Crippen molar-refractivity contribution in [3.63, 3.8) is 0 Å². The van der Waals surface area contributed by atoms with Gasteiger partial charge in [0, 0.05) is 24.3 Å². The van der Waals surface area contributed by atoms with Crippen LogP contribution in [0.1, 0.15) is 12.0 Å². The van der Waals surface area contributed by atoms with Crippen LogP contribution in [0, 0.1) is 5.82 Å². The molecule has 2 N–H and O–H groups in total. The van der Waals surface area contributed by atoms with Crippen LogP contribution < -0.4 is 10.6 Å². The Hall–Kier alpha value is -2.28. The fourth-order valence-electron chi connectivity index (χ4n) is 1.89. The number of rotatable bonds is 5. The molecule has 8 heteroatoms. The molecule has 24 heavy (non-hydrogen) atoms. The molecule has 3 nitrogen and oxygen atoms in total. The lowest BCUT2D eigenvalue weighted by Gasteiger charge is -2.10. The molecule has 0 atom stereocenters. The minimum Gasteiger partial charge on any atom is -0.384 e. The molecule has 2 aromatic rings. The summed E-state index contributed by atoms with van der Waals surface area (Å²) >= 11 is 5.63. The van der Waals surface area contributed by atoms with Crippen molar-refractivity contribution in [2.45, 2.75) is 12.6 Å². The van der Waals surface area contributed by atoms with Crippen molar-refractivity contribution in [2.24, 2.45) is 0 Å². The highest BCUT2D eigenvalue weighted by Gasteiger charge is 2.29. The maximum absolute atomic E-state index is 13.0. The molecule has 0 aliphatic carbocycles. The first kappa shape index (κ1) is 18.1. The van der Waals surface area contributed by atoms with Crippen LogP contribution in [0.2, 0.25) is 5.02 Å². The second-order valence-corrected chi connectivity index (χ2v) is 5.34. The topological polar surface area (TPSA) is 41.1 Å². The van der Waals surface area contributed by atoms with Gasteiger partial charge in [0.25, 0.3) is 0 Å². The minimum absolute atomic E-state index is 0.0331. The second kappa shape index (κ2) is 7.53. The van der Waals surface area contributed by atoms with Crippen molar-refractivity contribution >= 4 is 28.9 Å². The summed E-state index contributed by atoms with van der Waals surface area (Å²) in [4.78, 5) is 11.7. The quantitative estimate of drug-likeness (QED) is 0.742. The van der Waals surface area contributed by atoms with Crippen LogP contribution in [0.15, 0.2) is 42.5 Å². The summed E-state index contributed by atoms with van der Waals surface area (Å²) in [6, 6.07) is 8.25. The predicted octanol–water partition coefficient (Wildman–Crippen LogP) is 4.94. The van der Waals surface area contributed by atoms with Crippen LogP contribution in [-0.2, 0) is 11.0 Å². The molecule has 0 spiro atoms. The van der Waals surface area contributed by atoms with E-state index in [1.165, 1.54) is 30.3 Å². The third-order valence-electron chi connectivity index (χ3n) is 3.10. The van der Waals surface area contributed by atoms with E-state index in [9.17, 15) is 22.4 Å². The molecule has 0 aromatic heterocycles. The van der Waals surface area contributed by atoms with Crippen LogP contribution in [0.4, 0.5) is 28.9 Å². The highest BCUT2D eigenvalue weighted by Crippen LogP contribution is 2.29. The van der Waals surface area contributed by atoms with Crippen LogP contribution in [0.3, 0.4) is 0 Å². The van der Waals surface area contributed by atoms with Gasteiger partial charge in [-0.1, -0.05) is 11.6 Å². The van der Waals surface area contributed by atoms with E-state index < -0.39 is 17.6 Å². The van der Waals surface area contributed by atoms with Crippen molar-refractivity contribution < 1.29 is 22.4 Å². The molecule has 0 saturated heterocycles. The summed E-state index contributed by atoms with van der Waals surface area (Å²) in [5.74, 6) is -0.905. The third-order valence-corrected chi connectivity index (χ3v) is 3.39. The number of halogens is 5. The zero-order valence-electron chi connectivity index (χ0n) is 12.3. The fraction of sp³-hybridized carbons (Fsp3) is 0.188. The summed E-state index contributed by atoms with van der Waals surface area (Å²) in [6.07, 6.45) is -4.33. The largest absolute Gasteiger partial charge is 0.416 e. The van der Waals surface area contributed by atoms with E-state index in [2.05, 4.69) is 10.6 Å². The van der Waals surface area contributed by atoms with E-state index in [4.69, 9.17) is 11.6 Å². The van der Waals surface area contributed by atoms with Gasteiger partial charge in [-0.3, -0.25) is 4.79 Å². The molecule has 0 radical (unpaired) electrons. The van der Waals surface area contributed by atoms with Gasteiger partial charge in [-0.05, 0) is 42.5 Å². The zero-order chi connectivity index (χ0) is 17.7. The molecule has 0 aliphatic rings. The maximum atomic E-state index is 13.0. The predicted molar refractivity (Wildman–Crippen MR) is 84.6 cm³/mol. The molecule has 0 aliphatic heterocycles. The van der Waals surface area contributed by atoms with E-state index >= 15 is 0 Å². The van der Waals surface area contributed by atoms with Crippen LogP contribution in [0.25, 0.3) is 0 Å². The van der Waals surface area contributed by atoms with Crippen molar-refractivity contribution in [2.75, 3.05) is 17.2 Å². The summed E-state index contributed by atoms with van der Waals surface area (Å²) in [5, 5.41) is 5.36. The molecule has 0 saturated carbocycles. The molecular weight excluding hydrogens is 348 g/mol. The van der Waals surface area contributed by atoms with Crippen LogP contribution >= 0.6 is 11.6 Å². The van der Waals surface area contributed by atoms with Crippen molar-refractivity contribution in [1.82, 2.24) is 0 Å². The van der Waals surface area contributed by atoms with Gasteiger partial charge < -0.3 is 10.6 Å². The lowest BCUT2D eigenvalue weighted by atomic mass is 10.2. The SMILES string of the molecule is O=C(CCNc1ccc(F)c(Cl)c1)Nc1ccc(C(F)(F)F)cc1. The monoisotopic (exact) mass is 360 g/mol. The van der Waals surface area contributed by atoms with Crippen molar-refractivity contribution in [3.05, 3.63) is 58.9 Å². The number of anilines is 2. The number of carbonyl (C=O) groups is 1. The maximum Gasteiger partial charge on any atom is 0.416 e. The smallest absolute Gasteiger partial charge is 0.384 e. The fourth-order valence-corrected chi connectivity index (χ4v) is 2.07. The molecule has 0 heterocycles. The molecule has 2 aromatic carbocycles. The Kier molecular flexibility index (Phi) is 5.66. The van der Waals surface area contributed by atoms with Gasteiger partial charge in [0.2, 0.25) is 5.91 Å². The molecule has 0 unspecified atom stereocenters. The first-order chi connectivity index (χ1) is 11.3. The number of hydrogen-bond acceptors (Lipinski definition) is 2. The first-order valence-corrected chi connectivity index (χ1v) is 7.29. The highest BCUT2D eigenvalue weighted by molar-refractivity contribution is 6.31. The van der Waals surface area contributed by atoms with E-state index in [0.717, 1.165) is 12.1 Å². The van der Waals surface area contributed by atoms with Gasteiger partial charge in [-0.2, -0.15) is 13.2 Å². The second-order valence-electron chi connectivity index (χ2n) is 4.93. The number of carbonyl (C=O) groups excluding carboxylic acids is 1. The molecule has 1 amide bonds. The first-order valence-electron chi connectivity index (χ1n) is 6.92. The van der Waals surface area contributed by atoms with Crippen LogP contribution in [-0.4, -0.2) is 12.5 Å². The third kappa shape index (κ3) is 5.13. The standard InChI is InChI=1S/C16H13ClF4N2O/c17-13-9-12(5-6-14(13)18)22-8-7-15(24)23-11-3-1-10(2-4-11)16(19,20)21/h1-6,9,22H,7-8H2,(H,23,24). The minimum atomic E-state index is -4.41. The van der Waals surface area contributed by atoms with Gasteiger partial charge >= 0.3 is 6.18 Å². The normalized spacial score (nSPS) is 11.2. The number of nitrogens with one attached hydrogen (secondary N) is 2.